The van der Waals surface area contributed by atoms with Crippen LogP contribution in [0.2, 0.25) is 0 Å². The summed E-state index contributed by atoms with van der Waals surface area (Å²) in [6.45, 7) is 3.26. The molecule has 1 N–H and O–H groups in total. The minimum Gasteiger partial charge on any atom is -0.351 e. The largest absolute Gasteiger partial charge is 0.351 e. The lowest BCUT2D eigenvalue weighted by Crippen LogP contribution is -2.53. The molecule has 2 aromatic carbocycles. The first-order valence-corrected chi connectivity index (χ1v) is 13.1. The molecular weight excluding hydrogens is 438 g/mol. The Morgan fingerprint density at radius 2 is 1.46 bits per heavy atom. The van der Waals surface area contributed by atoms with E-state index < -0.39 is 6.04 Å². The summed E-state index contributed by atoms with van der Waals surface area (Å²) in [5.74, 6) is 0.390. The van der Waals surface area contributed by atoms with Crippen molar-refractivity contribution in [2.24, 2.45) is 5.92 Å². The third kappa shape index (κ3) is 4.97. The van der Waals surface area contributed by atoms with Crippen molar-refractivity contribution in [2.45, 2.75) is 70.0 Å². The summed E-state index contributed by atoms with van der Waals surface area (Å²) in [5, 5.41) is 3.24. The first-order valence-electron chi connectivity index (χ1n) is 13.1. The fraction of sp³-hybridized carbons (Fsp3) is 0.483. The number of nitrogens with one attached hydrogen (secondary N) is 1. The topological polar surface area (TPSA) is 69.7 Å². The van der Waals surface area contributed by atoms with Gasteiger partial charge in [0.2, 0.25) is 5.91 Å². The fourth-order valence-corrected chi connectivity index (χ4v) is 6.12. The fourth-order valence-electron chi connectivity index (χ4n) is 6.12. The first kappa shape index (κ1) is 23.6. The van der Waals surface area contributed by atoms with Gasteiger partial charge in [-0.05, 0) is 69.2 Å². The molecule has 3 amide bonds. The Morgan fingerprint density at radius 1 is 0.800 bits per heavy atom. The third-order valence-corrected chi connectivity index (χ3v) is 8.07. The number of hydrogen-bond donors (Lipinski definition) is 1. The molecule has 3 unspecified atom stereocenters. The number of fused-ring (bicyclic) bond motifs is 1. The number of aryl methyl sites for hydroxylation is 1. The van der Waals surface area contributed by atoms with Crippen LogP contribution in [0.1, 0.15) is 71.2 Å². The number of piperidine rings is 1. The summed E-state index contributed by atoms with van der Waals surface area (Å²) in [6, 6.07) is 16.8. The van der Waals surface area contributed by atoms with Gasteiger partial charge in [-0.3, -0.25) is 14.4 Å². The van der Waals surface area contributed by atoms with Gasteiger partial charge in [0.25, 0.3) is 11.8 Å². The molecule has 5 rings (SSSR count). The molecule has 2 aromatic rings. The van der Waals surface area contributed by atoms with E-state index in [1.54, 1.807) is 0 Å². The zero-order valence-corrected chi connectivity index (χ0v) is 20.5. The Bertz CT molecular complexity index is 1060. The van der Waals surface area contributed by atoms with Crippen molar-refractivity contribution in [3.05, 3.63) is 71.3 Å². The lowest BCUT2D eigenvalue weighted by Gasteiger charge is -2.35. The molecule has 1 aliphatic carbocycles. The van der Waals surface area contributed by atoms with Crippen LogP contribution in [-0.4, -0.2) is 58.7 Å². The number of carbonyl (C=O) groups excluding carboxylic acids is 3. The molecule has 6 heteroatoms. The van der Waals surface area contributed by atoms with Crippen LogP contribution in [0, 0.1) is 12.8 Å². The lowest BCUT2D eigenvalue weighted by molar-refractivity contribution is -0.126. The molecule has 0 spiro atoms. The highest BCUT2D eigenvalue weighted by Crippen LogP contribution is 2.40. The van der Waals surface area contributed by atoms with Crippen LogP contribution >= 0.6 is 0 Å². The number of carbonyl (C=O) groups is 3. The molecule has 1 saturated carbocycles. The molecular formula is C29H35N3O3. The minimum atomic E-state index is -0.414. The maximum Gasteiger partial charge on any atom is 0.254 e. The molecule has 3 atom stereocenters. The van der Waals surface area contributed by atoms with Crippen LogP contribution in [0.25, 0.3) is 0 Å². The van der Waals surface area contributed by atoms with Crippen molar-refractivity contribution in [1.29, 1.82) is 0 Å². The molecule has 3 fully saturated rings. The van der Waals surface area contributed by atoms with Crippen molar-refractivity contribution in [3.63, 3.8) is 0 Å². The number of rotatable bonds is 4. The van der Waals surface area contributed by atoms with Gasteiger partial charge in [0.05, 0.1) is 0 Å². The SMILES string of the molecule is Cc1ccc(C(=O)N2CCC(NC(=O)C3CC4CCCCC4N3C(=O)c3ccccc3)CC2)cc1. The van der Waals surface area contributed by atoms with Gasteiger partial charge in [0.15, 0.2) is 0 Å². The van der Waals surface area contributed by atoms with Gasteiger partial charge in [0, 0.05) is 36.3 Å². The van der Waals surface area contributed by atoms with Crippen molar-refractivity contribution in [1.82, 2.24) is 15.1 Å². The number of benzene rings is 2. The second kappa shape index (κ2) is 10.2. The Kier molecular flexibility index (Phi) is 6.89. The highest BCUT2D eigenvalue weighted by atomic mass is 16.2. The van der Waals surface area contributed by atoms with Crippen molar-refractivity contribution < 1.29 is 14.4 Å². The molecule has 3 aliphatic rings. The van der Waals surface area contributed by atoms with E-state index in [0.717, 1.165) is 44.1 Å². The van der Waals surface area contributed by atoms with Crippen LogP contribution < -0.4 is 5.32 Å². The molecule has 0 aromatic heterocycles. The molecule has 0 radical (unpaired) electrons. The quantitative estimate of drug-likeness (QED) is 0.724. The number of amides is 3. The average molecular weight is 474 g/mol. The van der Waals surface area contributed by atoms with Gasteiger partial charge < -0.3 is 15.1 Å². The van der Waals surface area contributed by atoms with E-state index in [1.165, 1.54) is 6.42 Å². The maximum absolute atomic E-state index is 13.5. The summed E-state index contributed by atoms with van der Waals surface area (Å²) >= 11 is 0. The Morgan fingerprint density at radius 3 is 2.17 bits per heavy atom. The number of likely N-dealkylation sites (tertiary alicyclic amines) is 2. The zero-order valence-electron chi connectivity index (χ0n) is 20.5. The summed E-state index contributed by atoms with van der Waals surface area (Å²) in [4.78, 5) is 43.6. The second-order valence-corrected chi connectivity index (χ2v) is 10.4. The monoisotopic (exact) mass is 473 g/mol. The van der Waals surface area contributed by atoms with Gasteiger partial charge in [-0.25, -0.2) is 0 Å². The smallest absolute Gasteiger partial charge is 0.254 e. The predicted molar refractivity (Wildman–Crippen MR) is 135 cm³/mol. The van der Waals surface area contributed by atoms with Crippen LogP contribution in [0.4, 0.5) is 0 Å². The number of hydrogen-bond acceptors (Lipinski definition) is 3. The summed E-state index contributed by atoms with van der Waals surface area (Å²) in [6.07, 6.45) is 6.57. The van der Waals surface area contributed by atoms with Gasteiger partial charge in [-0.1, -0.05) is 48.7 Å². The second-order valence-electron chi connectivity index (χ2n) is 10.4. The van der Waals surface area contributed by atoms with Crippen molar-refractivity contribution in [3.8, 4) is 0 Å². The molecule has 2 heterocycles. The standard InChI is InChI=1S/C29H35N3O3/c1-20-11-13-22(14-12-20)28(34)31-17-15-24(16-18-31)30-27(33)26-19-23-9-5-6-10-25(23)32(26)29(35)21-7-3-2-4-8-21/h2-4,7-8,11-14,23-26H,5-6,9-10,15-19H2,1H3,(H,30,33). The Hall–Kier alpha value is -3.15. The molecule has 0 bridgehead atoms. The molecule has 2 saturated heterocycles. The van der Waals surface area contributed by atoms with Gasteiger partial charge in [0.1, 0.15) is 6.04 Å². The maximum atomic E-state index is 13.5. The van der Waals surface area contributed by atoms with E-state index in [-0.39, 0.29) is 29.8 Å². The Balaban J connectivity index is 1.22. The highest BCUT2D eigenvalue weighted by molar-refractivity contribution is 5.98. The molecule has 184 valence electrons. The van der Waals surface area contributed by atoms with E-state index >= 15 is 0 Å². The lowest BCUT2D eigenvalue weighted by atomic mass is 9.84. The van der Waals surface area contributed by atoms with Gasteiger partial charge >= 0.3 is 0 Å². The van der Waals surface area contributed by atoms with E-state index in [2.05, 4.69) is 5.32 Å². The van der Waals surface area contributed by atoms with E-state index in [1.807, 2.05) is 71.3 Å². The third-order valence-electron chi connectivity index (χ3n) is 8.07. The van der Waals surface area contributed by atoms with E-state index in [0.29, 0.717) is 30.1 Å². The van der Waals surface area contributed by atoms with E-state index in [9.17, 15) is 14.4 Å². The molecule has 35 heavy (non-hydrogen) atoms. The predicted octanol–water partition coefficient (Wildman–Crippen LogP) is 4.19. The van der Waals surface area contributed by atoms with Crippen LogP contribution in [-0.2, 0) is 4.79 Å². The minimum absolute atomic E-state index is 0.0286. The van der Waals surface area contributed by atoms with Crippen LogP contribution in [0.3, 0.4) is 0 Å². The number of nitrogens with zero attached hydrogens (tertiary/aromatic N) is 2. The van der Waals surface area contributed by atoms with Crippen LogP contribution in [0.5, 0.6) is 0 Å². The molecule has 2 aliphatic heterocycles. The Labute approximate surface area is 207 Å². The highest BCUT2D eigenvalue weighted by Gasteiger charge is 2.47. The average Bonchev–Trinajstić information content (AvgIpc) is 3.29. The zero-order chi connectivity index (χ0) is 24.4. The first-order chi connectivity index (χ1) is 17.0. The van der Waals surface area contributed by atoms with Crippen LogP contribution in [0.15, 0.2) is 54.6 Å². The molecule has 6 nitrogen and oxygen atoms in total. The summed E-state index contributed by atoms with van der Waals surface area (Å²) in [7, 11) is 0. The normalized spacial score (nSPS) is 24.7. The summed E-state index contributed by atoms with van der Waals surface area (Å²) < 4.78 is 0. The van der Waals surface area contributed by atoms with Crippen molar-refractivity contribution in [2.75, 3.05) is 13.1 Å². The summed E-state index contributed by atoms with van der Waals surface area (Å²) in [5.41, 5.74) is 2.50. The van der Waals surface area contributed by atoms with E-state index in [4.69, 9.17) is 0 Å². The van der Waals surface area contributed by atoms with Gasteiger partial charge in [-0.15, -0.1) is 0 Å². The van der Waals surface area contributed by atoms with Crippen molar-refractivity contribution >= 4 is 17.7 Å². The van der Waals surface area contributed by atoms with Gasteiger partial charge in [-0.2, -0.15) is 0 Å².